The highest BCUT2D eigenvalue weighted by atomic mass is 32.4. The minimum absolute atomic E-state index is 0.395. The Morgan fingerprint density at radius 2 is 1.34 bits per heavy atom. The van der Waals surface area contributed by atoms with Gasteiger partial charge in [0.2, 0.25) is 0 Å². The lowest BCUT2D eigenvalue weighted by molar-refractivity contribution is -0.000663. The largest absolute Gasteiger partial charge is 0.429 e. The molecule has 1 aromatic carbocycles. The molecule has 2 N–H and O–H groups in total. The van der Waals surface area contributed by atoms with Crippen molar-refractivity contribution in [3.63, 3.8) is 0 Å². The van der Waals surface area contributed by atoms with E-state index in [9.17, 15) is 10.4 Å². The summed E-state index contributed by atoms with van der Waals surface area (Å²) in [5.74, 6) is 0.475. The third kappa shape index (κ3) is 6.16. The average molecular weight is 428 g/mol. The van der Waals surface area contributed by atoms with Crippen LogP contribution in [0.15, 0.2) is 123 Å². The molecule has 0 atom stereocenters. The normalized spacial score (nSPS) is 21.0. The monoisotopic (exact) mass is 428 g/mol. The smallest absolute Gasteiger partial charge is 0.379 e. The van der Waals surface area contributed by atoms with Gasteiger partial charge in [-0.15, -0.1) is 0 Å². The fraction of sp³-hybridized carbons (Fsp3) is 0. The Labute approximate surface area is 172 Å². The second-order valence-electron chi connectivity index (χ2n) is 5.50. The lowest BCUT2D eigenvalue weighted by Crippen LogP contribution is -2.10. The fourth-order valence-corrected chi connectivity index (χ4v) is 3.45. The molecule has 29 heavy (non-hydrogen) atoms. The van der Waals surface area contributed by atoms with Crippen molar-refractivity contribution in [3.05, 3.63) is 103 Å². The van der Waals surface area contributed by atoms with E-state index in [0.29, 0.717) is 17.1 Å². The van der Waals surface area contributed by atoms with Gasteiger partial charge in [-0.05, 0) is 48.2 Å². The second-order valence-corrected chi connectivity index (χ2v) is 8.45. The van der Waals surface area contributed by atoms with Crippen molar-refractivity contribution < 1.29 is 14.9 Å². The summed E-state index contributed by atoms with van der Waals surface area (Å²) >= 11 is 5.47. The van der Waals surface area contributed by atoms with Crippen LogP contribution in [0.2, 0.25) is 0 Å². The molecule has 0 bridgehead atoms. The Morgan fingerprint density at radius 1 is 0.828 bits per heavy atom. The Balaban J connectivity index is 1.82. The molecular formula is C18H17N6O3PS. The van der Waals surface area contributed by atoms with Gasteiger partial charge >= 0.3 is 6.57 Å². The number of benzene rings is 1. The first-order valence-electron chi connectivity index (χ1n) is 8.31. The zero-order valence-electron chi connectivity index (χ0n) is 15.0. The maximum atomic E-state index is 9.73. The van der Waals surface area contributed by atoms with Gasteiger partial charge < -0.3 is 4.52 Å². The number of hydrogen-bond acceptors (Lipinski definition) is 8. The maximum Gasteiger partial charge on any atom is 0.379 e. The van der Waals surface area contributed by atoms with Crippen LogP contribution in [0.1, 0.15) is 0 Å². The van der Waals surface area contributed by atoms with Gasteiger partial charge in [-0.2, -0.15) is 10.2 Å². The lowest BCUT2D eigenvalue weighted by atomic mass is 10.3. The van der Waals surface area contributed by atoms with Crippen LogP contribution in [-0.4, -0.2) is 20.5 Å². The summed E-state index contributed by atoms with van der Waals surface area (Å²) in [4.78, 5) is 8.08. The van der Waals surface area contributed by atoms with Gasteiger partial charge in [-0.3, -0.25) is 10.4 Å². The van der Waals surface area contributed by atoms with E-state index in [0.717, 1.165) is 10.1 Å². The van der Waals surface area contributed by atoms with E-state index in [1.165, 1.54) is 24.8 Å². The molecule has 0 aromatic heterocycles. The minimum atomic E-state index is -3.24. The lowest BCUT2D eigenvalue weighted by Gasteiger charge is -2.15. The topological polar surface area (TPSA) is 106 Å². The van der Waals surface area contributed by atoms with E-state index in [1.54, 1.807) is 60.7 Å². The molecular weight excluding hydrogens is 411 g/mol. The van der Waals surface area contributed by atoms with Crippen molar-refractivity contribution in [2.75, 3.05) is 0 Å². The Hall–Kier alpha value is -3.17. The minimum Gasteiger partial charge on any atom is -0.429 e. The first-order chi connectivity index (χ1) is 14.1. The van der Waals surface area contributed by atoms with Gasteiger partial charge in [0.05, 0.1) is 23.8 Å². The molecule has 1 aromatic rings. The van der Waals surface area contributed by atoms with Gasteiger partial charge in [-0.1, -0.05) is 40.1 Å². The number of hydrogen-bond donors (Lipinski definition) is 2. The van der Waals surface area contributed by atoms with Crippen LogP contribution < -0.4 is 4.52 Å². The molecule has 0 aliphatic carbocycles. The molecule has 0 saturated heterocycles. The molecule has 0 radical (unpaired) electrons. The number of hydroxylamine groups is 4. The van der Waals surface area contributed by atoms with Gasteiger partial charge in [0.1, 0.15) is 5.75 Å². The number of rotatable bonds is 6. The van der Waals surface area contributed by atoms with E-state index >= 15 is 0 Å². The third-order valence-corrected chi connectivity index (χ3v) is 5.19. The van der Waals surface area contributed by atoms with Crippen molar-refractivity contribution in [3.8, 4) is 5.75 Å². The van der Waals surface area contributed by atoms with E-state index < -0.39 is 6.57 Å². The van der Waals surface area contributed by atoms with Gasteiger partial charge in [0.25, 0.3) is 0 Å². The van der Waals surface area contributed by atoms with E-state index in [4.69, 9.17) is 16.3 Å². The zero-order chi connectivity index (χ0) is 20.5. The highest BCUT2D eigenvalue weighted by Gasteiger charge is 2.18. The van der Waals surface area contributed by atoms with E-state index in [2.05, 4.69) is 20.0 Å². The van der Waals surface area contributed by atoms with Crippen LogP contribution in [0.5, 0.6) is 5.75 Å². The SMILES string of the molecule is ON1C=CC=C/C1=C\N=NP(=S)(N=N/C=C1\C=CC=CN1O)Oc1ccccc1. The number of para-hydroxylation sites is 1. The summed E-state index contributed by atoms with van der Waals surface area (Å²) in [5.41, 5.74) is 0.790. The molecule has 0 spiro atoms. The van der Waals surface area contributed by atoms with Crippen LogP contribution in [0.4, 0.5) is 0 Å². The van der Waals surface area contributed by atoms with Crippen molar-refractivity contribution in [2.24, 2.45) is 20.0 Å². The summed E-state index contributed by atoms with van der Waals surface area (Å²) in [6.07, 6.45) is 15.7. The molecule has 0 fully saturated rings. The standard InChI is InChI=1S/C18H17N6O3PS/c25-23-12-6-4-8-16(23)14-19-21-28(29,27-18-10-2-1-3-11-18)22-20-15-17-9-5-7-13-24(17)26/h1-15,25-26H/b16-14+,17-15+,21-19?,22-20?. The highest BCUT2D eigenvalue weighted by molar-refractivity contribution is 8.11. The molecule has 2 aliphatic rings. The van der Waals surface area contributed by atoms with Crippen molar-refractivity contribution in [1.82, 2.24) is 10.1 Å². The van der Waals surface area contributed by atoms with Crippen LogP contribution in [-0.2, 0) is 11.8 Å². The fourth-order valence-electron chi connectivity index (χ4n) is 2.07. The van der Waals surface area contributed by atoms with Crippen LogP contribution in [0.3, 0.4) is 0 Å². The first kappa shape index (κ1) is 20.6. The zero-order valence-corrected chi connectivity index (χ0v) is 16.7. The summed E-state index contributed by atoms with van der Waals surface area (Å²) in [5, 5.41) is 29.1. The van der Waals surface area contributed by atoms with Crippen molar-refractivity contribution >= 4 is 18.4 Å². The predicted octanol–water partition coefficient (Wildman–Crippen LogP) is 5.43. The number of nitrogens with zero attached hydrogens (tertiary/aromatic N) is 6. The maximum absolute atomic E-state index is 9.73. The van der Waals surface area contributed by atoms with Crippen LogP contribution >= 0.6 is 6.57 Å². The highest BCUT2D eigenvalue weighted by Crippen LogP contribution is 2.51. The van der Waals surface area contributed by atoms with Gasteiger partial charge in [0.15, 0.2) is 0 Å². The molecule has 0 amide bonds. The first-order valence-corrected chi connectivity index (χ1v) is 10.9. The molecule has 148 valence electrons. The molecule has 9 nitrogen and oxygen atoms in total. The Bertz CT molecular complexity index is 956. The Morgan fingerprint density at radius 3 is 1.83 bits per heavy atom. The quantitative estimate of drug-likeness (QED) is 0.463. The Kier molecular flexibility index (Phi) is 6.99. The van der Waals surface area contributed by atoms with Crippen LogP contribution in [0.25, 0.3) is 0 Å². The molecule has 2 aliphatic heterocycles. The number of allylic oxidation sites excluding steroid dienone is 6. The van der Waals surface area contributed by atoms with E-state index in [1.807, 2.05) is 6.07 Å². The van der Waals surface area contributed by atoms with Crippen molar-refractivity contribution in [2.45, 2.75) is 0 Å². The second kappa shape index (κ2) is 9.85. The predicted molar refractivity (Wildman–Crippen MR) is 111 cm³/mol. The van der Waals surface area contributed by atoms with Crippen LogP contribution in [0, 0.1) is 0 Å². The molecule has 3 rings (SSSR count). The van der Waals surface area contributed by atoms with Gasteiger partial charge in [-0.25, -0.2) is 10.1 Å². The van der Waals surface area contributed by atoms with Crippen molar-refractivity contribution in [1.29, 1.82) is 0 Å². The third-order valence-electron chi connectivity index (χ3n) is 3.42. The summed E-state index contributed by atoms with van der Waals surface area (Å²) in [6, 6.07) is 8.86. The van der Waals surface area contributed by atoms with E-state index in [-0.39, 0.29) is 0 Å². The summed E-state index contributed by atoms with van der Waals surface area (Å²) in [6.45, 7) is -3.24. The molecule has 0 saturated carbocycles. The average Bonchev–Trinajstić information content (AvgIpc) is 2.72. The molecule has 2 heterocycles. The summed E-state index contributed by atoms with van der Waals surface area (Å²) in [7, 11) is 0. The summed E-state index contributed by atoms with van der Waals surface area (Å²) < 4.78 is 5.76. The molecule has 0 unspecified atom stereocenters. The van der Waals surface area contributed by atoms with Gasteiger partial charge in [0, 0.05) is 12.4 Å². The molecule has 11 heteroatoms.